The summed E-state index contributed by atoms with van der Waals surface area (Å²) in [6, 6.07) is 3.86. The van der Waals surface area contributed by atoms with E-state index < -0.39 is 6.04 Å². The molecule has 1 heterocycles. The zero-order valence-electron chi connectivity index (χ0n) is 9.66. The summed E-state index contributed by atoms with van der Waals surface area (Å²) >= 11 is 0. The Kier molecular flexibility index (Phi) is 2.83. The fourth-order valence-electron chi connectivity index (χ4n) is 1.89. The third kappa shape index (κ3) is 2.27. The van der Waals surface area contributed by atoms with Crippen molar-refractivity contribution in [3.8, 4) is 0 Å². The highest BCUT2D eigenvalue weighted by molar-refractivity contribution is 6.06. The van der Waals surface area contributed by atoms with E-state index in [1.807, 2.05) is 0 Å². The van der Waals surface area contributed by atoms with Crippen LogP contribution in [0.25, 0.3) is 0 Å². The van der Waals surface area contributed by atoms with Gasteiger partial charge in [-0.25, -0.2) is 4.39 Å². The number of nitrogens with one attached hydrogen (secondary N) is 1. The summed E-state index contributed by atoms with van der Waals surface area (Å²) < 4.78 is 13.2. The largest absolute Gasteiger partial charge is 0.373 e. The highest BCUT2D eigenvalue weighted by Gasteiger charge is 2.35. The molecule has 0 bridgehead atoms. The summed E-state index contributed by atoms with van der Waals surface area (Å²) in [6.45, 7) is 1.77. The van der Waals surface area contributed by atoms with E-state index in [2.05, 4.69) is 5.32 Å². The van der Waals surface area contributed by atoms with E-state index in [1.165, 1.54) is 19.2 Å². The van der Waals surface area contributed by atoms with Crippen molar-refractivity contribution in [3.63, 3.8) is 0 Å². The van der Waals surface area contributed by atoms with Crippen molar-refractivity contribution in [2.24, 2.45) is 0 Å². The fourth-order valence-corrected chi connectivity index (χ4v) is 1.89. The minimum Gasteiger partial charge on any atom is -0.373 e. The van der Waals surface area contributed by atoms with Crippen LogP contribution in [0.5, 0.6) is 0 Å². The lowest BCUT2D eigenvalue weighted by atomic mass is 10.2. The fraction of sp³-hybridized carbons (Fsp3) is 0.333. The number of aryl methyl sites for hydroxylation is 1. The van der Waals surface area contributed by atoms with Gasteiger partial charge in [0.2, 0.25) is 5.91 Å². The minimum atomic E-state index is -0.589. The number of likely N-dealkylation sites (N-methyl/N-ethyl adjacent to an activating group) is 1. The summed E-state index contributed by atoms with van der Waals surface area (Å²) in [6.07, 6.45) is 0.116. The molecular weight excluding hydrogens is 223 g/mol. The first-order chi connectivity index (χ1) is 7.97. The number of amides is 2. The number of carbonyl (C=O) groups is 2. The van der Waals surface area contributed by atoms with Crippen LogP contribution < -0.4 is 5.32 Å². The number of halogens is 1. The molecule has 0 aliphatic carbocycles. The molecule has 1 unspecified atom stereocenters. The molecule has 1 aliphatic rings. The molecule has 1 aromatic carbocycles. The topological polar surface area (TPSA) is 49.4 Å². The lowest BCUT2D eigenvalue weighted by Crippen LogP contribution is -2.31. The SMILES string of the molecule is Cc1cc(F)cc(NC2CC(=O)N(C)C2=O)c1. The average Bonchev–Trinajstić information content (AvgIpc) is 2.45. The second-order valence-corrected chi connectivity index (χ2v) is 4.21. The second kappa shape index (κ2) is 4.16. The Bertz CT molecular complexity index is 467. The molecule has 1 N–H and O–H groups in total. The van der Waals surface area contributed by atoms with Crippen molar-refractivity contribution in [1.82, 2.24) is 4.90 Å². The first kappa shape index (κ1) is 11.6. The monoisotopic (exact) mass is 236 g/mol. The number of hydrogen-bond donors (Lipinski definition) is 1. The number of nitrogens with zero attached hydrogens (tertiary/aromatic N) is 1. The van der Waals surface area contributed by atoms with Crippen LogP contribution in [0, 0.1) is 12.7 Å². The van der Waals surface area contributed by atoms with E-state index in [9.17, 15) is 14.0 Å². The molecule has 0 aromatic heterocycles. The summed E-state index contributed by atoms with van der Waals surface area (Å²) in [5, 5.41) is 2.88. The normalized spacial score (nSPS) is 19.9. The van der Waals surface area contributed by atoms with Crippen LogP contribution in [-0.4, -0.2) is 29.8 Å². The Balaban J connectivity index is 2.16. The third-order valence-corrected chi connectivity index (χ3v) is 2.76. The highest BCUT2D eigenvalue weighted by Crippen LogP contribution is 2.19. The number of hydrogen-bond acceptors (Lipinski definition) is 3. The highest BCUT2D eigenvalue weighted by atomic mass is 19.1. The Morgan fingerprint density at radius 2 is 2.06 bits per heavy atom. The molecule has 17 heavy (non-hydrogen) atoms. The molecule has 90 valence electrons. The molecule has 0 spiro atoms. The van der Waals surface area contributed by atoms with Crippen LogP contribution in [0.3, 0.4) is 0 Å². The van der Waals surface area contributed by atoms with Crippen molar-refractivity contribution >= 4 is 17.5 Å². The van der Waals surface area contributed by atoms with Crippen LogP contribution in [0.15, 0.2) is 18.2 Å². The first-order valence-electron chi connectivity index (χ1n) is 5.31. The van der Waals surface area contributed by atoms with Crippen molar-refractivity contribution < 1.29 is 14.0 Å². The van der Waals surface area contributed by atoms with Gasteiger partial charge in [-0.05, 0) is 30.7 Å². The van der Waals surface area contributed by atoms with Crippen LogP contribution in [0.1, 0.15) is 12.0 Å². The molecule has 1 fully saturated rings. The predicted octanol–water partition coefficient (Wildman–Crippen LogP) is 1.30. The predicted molar refractivity (Wildman–Crippen MR) is 60.9 cm³/mol. The van der Waals surface area contributed by atoms with Gasteiger partial charge < -0.3 is 5.32 Å². The molecule has 2 rings (SSSR count). The molecular formula is C12H13FN2O2. The zero-order valence-corrected chi connectivity index (χ0v) is 9.66. The van der Waals surface area contributed by atoms with Crippen molar-refractivity contribution in [2.45, 2.75) is 19.4 Å². The molecule has 1 aromatic rings. The first-order valence-corrected chi connectivity index (χ1v) is 5.31. The lowest BCUT2D eigenvalue weighted by Gasteiger charge is -2.12. The number of imide groups is 1. The number of rotatable bonds is 2. The molecule has 0 saturated carbocycles. The Labute approximate surface area is 98.4 Å². The maximum atomic E-state index is 13.2. The van der Waals surface area contributed by atoms with Crippen LogP contribution in [0.4, 0.5) is 10.1 Å². The van der Waals surface area contributed by atoms with Gasteiger partial charge in [-0.3, -0.25) is 14.5 Å². The van der Waals surface area contributed by atoms with Gasteiger partial charge >= 0.3 is 0 Å². The van der Waals surface area contributed by atoms with E-state index in [4.69, 9.17) is 0 Å². The van der Waals surface area contributed by atoms with Gasteiger partial charge in [0.1, 0.15) is 11.9 Å². The maximum absolute atomic E-state index is 13.2. The van der Waals surface area contributed by atoms with Crippen molar-refractivity contribution in [3.05, 3.63) is 29.6 Å². The Morgan fingerprint density at radius 3 is 2.59 bits per heavy atom. The van der Waals surface area contributed by atoms with E-state index in [1.54, 1.807) is 13.0 Å². The maximum Gasteiger partial charge on any atom is 0.251 e. The summed E-state index contributed by atoms with van der Waals surface area (Å²) in [7, 11) is 1.45. The molecule has 0 radical (unpaired) electrons. The molecule has 1 aliphatic heterocycles. The quantitative estimate of drug-likeness (QED) is 0.787. The van der Waals surface area contributed by atoms with E-state index >= 15 is 0 Å². The molecule has 2 amide bonds. The molecule has 1 saturated heterocycles. The van der Waals surface area contributed by atoms with Gasteiger partial charge in [0.15, 0.2) is 0 Å². The van der Waals surface area contributed by atoms with Crippen molar-refractivity contribution in [1.29, 1.82) is 0 Å². The van der Waals surface area contributed by atoms with Gasteiger partial charge in [-0.1, -0.05) is 0 Å². The smallest absolute Gasteiger partial charge is 0.251 e. The second-order valence-electron chi connectivity index (χ2n) is 4.21. The van der Waals surface area contributed by atoms with Crippen molar-refractivity contribution in [2.75, 3.05) is 12.4 Å². The zero-order chi connectivity index (χ0) is 12.6. The summed E-state index contributed by atoms with van der Waals surface area (Å²) in [5.41, 5.74) is 1.28. The minimum absolute atomic E-state index is 0.116. The van der Waals surface area contributed by atoms with E-state index in [0.717, 1.165) is 10.5 Å². The van der Waals surface area contributed by atoms with Gasteiger partial charge in [-0.2, -0.15) is 0 Å². The average molecular weight is 236 g/mol. The molecule has 4 nitrogen and oxygen atoms in total. The third-order valence-electron chi connectivity index (χ3n) is 2.76. The Hall–Kier alpha value is -1.91. The number of likely N-dealkylation sites (tertiary alicyclic amines) is 1. The van der Waals surface area contributed by atoms with Gasteiger partial charge in [-0.15, -0.1) is 0 Å². The number of benzene rings is 1. The summed E-state index contributed by atoms with van der Waals surface area (Å²) in [5.74, 6) is -0.866. The van der Waals surface area contributed by atoms with Gasteiger partial charge in [0.25, 0.3) is 5.91 Å². The molecule has 1 atom stereocenters. The van der Waals surface area contributed by atoms with E-state index in [-0.39, 0.29) is 24.1 Å². The van der Waals surface area contributed by atoms with Gasteiger partial charge in [0, 0.05) is 12.7 Å². The van der Waals surface area contributed by atoms with E-state index in [0.29, 0.717) is 5.69 Å². The standard InChI is InChI=1S/C12H13FN2O2/c1-7-3-8(13)5-9(4-7)14-10-6-11(16)15(2)12(10)17/h3-5,10,14H,6H2,1-2H3. The summed E-state index contributed by atoms with van der Waals surface area (Å²) in [4.78, 5) is 24.0. The Morgan fingerprint density at radius 1 is 1.35 bits per heavy atom. The number of anilines is 1. The van der Waals surface area contributed by atoms with Gasteiger partial charge in [0.05, 0.1) is 6.42 Å². The van der Waals surface area contributed by atoms with Crippen LogP contribution in [-0.2, 0) is 9.59 Å². The lowest BCUT2D eigenvalue weighted by molar-refractivity contribution is -0.136. The van der Waals surface area contributed by atoms with Crippen LogP contribution in [0.2, 0.25) is 0 Å². The molecule has 5 heteroatoms. The number of carbonyl (C=O) groups excluding carboxylic acids is 2. The van der Waals surface area contributed by atoms with Crippen LogP contribution >= 0.6 is 0 Å².